The molecule has 0 aliphatic rings. The van der Waals surface area contributed by atoms with Crippen LogP contribution in [0.25, 0.3) is 0 Å². The lowest BCUT2D eigenvalue weighted by Gasteiger charge is -1.76. The minimum absolute atomic E-state index is 0.0588. The van der Waals surface area contributed by atoms with Gasteiger partial charge in [-0.15, -0.1) is 11.8 Å². The number of unbranched alkanes of at least 4 members (excludes halogenated alkanes) is 1. The van der Waals surface area contributed by atoms with E-state index < -0.39 is 0 Å². The zero-order valence-corrected chi connectivity index (χ0v) is 5.24. The first-order valence-electron chi connectivity index (χ1n) is 2.95. The van der Waals surface area contributed by atoms with Gasteiger partial charge >= 0.3 is 0 Å². The Labute approximate surface area is 50.7 Å². The summed E-state index contributed by atoms with van der Waals surface area (Å²) in [6.07, 6.45) is 2.53. The summed E-state index contributed by atoms with van der Waals surface area (Å²) < 4.78 is 0. The molecule has 0 saturated carbocycles. The van der Waals surface area contributed by atoms with Crippen LogP contribution in [0.4, 0.5) is 0 Å². The zero-order chi connectivity index (χ0) is 6.24. The van der Waals surface area contributed by atoms with Crippen LogP contribution in [-0.4, -0.2) is 6.61 Å². The van der Waals surface area contributed by atoms with Crippen LogP contribution in [0.3, 0.4) is 0 Å². The van der Waals surface area contributed by atoms with Crippen LogP contribution >= 0.6 is 0 Å². The third-order valence-electron chi connectivity index (χ3n) is 0.727. The van der Waals surface area contributed by atoms with Crippen LogP contribution in [0.15, 0.2) is 0 Å². The van der Waals surface area contributed by atoms with E-state index in [0.717, 1.165) is 12.8 Å². The van der Waals surface area contributed by atoms with E-state index in [0.29, 0.717) is 6.42 Å². The Morgan fingerprint density at radius 2 is 1.88 bits per heavy atom. The van der Waals surface area contributed by atoms with Gasteiger partial charge in [0.25, 0.3) is 0 Å². The van der Waals surface area contributed by atoms with Crippen LogP contribution < -0.4 is 0 Å². The number of hydrogen-bond acceptors (Lipinski definition) is 0. The minimum atomic E-state index is -0.0588. The van der Waals surface area contributed by atoms with Crippen molar-refractivity contribution in [1.29, 1.82) is 0 Å². The molecule has 0 unspecified atom stereocenters. The molecule has 0 aliphatic heterocycles. The standard InChI is InChI=1S/C7H11O/c1-2-3-4-5-6-7-8/h2-3,6-7H2,1H3. The van der Waals surface area contributed by atoms with Crippen LogP contribution in [0.1, 0.15) is 26.2 Å². The highest BCUT2D eigenvalue weighted by molar-refractivity contribution is 4.97. The van der Waals surface area contributed by atoms with E-state index in [4.69, 9.17) is 0 Å². The highest BCUT2D eigenvalue weighted by atomic mass is 16.2. The summed E-state index contributed by atoms with van der Waals surface area (Å²) in [4.78, 5) is 0. The fourth-order valence-electron chi connectivity index (χ4n) is 0.353. The lowest BCUT2D eigenvalue weighted by atomic mass is 10.3. The van der Waals surface area contributed by atoms with E-state index in [2.05, 4.69) is 18.8 Å². The summed E-state index contributed by atoms with van der Waals surface area (Å²) in [5, 5.41) is 9.79. The van der Waals surface area contributed by atoms with Crippen LogP contribution in [-0.2, 0) is 5.11 Å². The summed E-state index contributed by atoms with van der Waals surface area (Å²) >= 11 is 0. The second-order valence-corrected chi connectivity index (χ2v) is 1.56. The maximum absolute atomic E-state index is 9.79. The van der Waals surface area contributed by atoms with Crippen LogP contribution in [0.5, 0.6) is 0 Å². The van der Waals surface area contributed by atoms with Gasteiger partial charge in [-0.25, -0.2) is 5.11 Å². The molecule has 0 aromatic carbocycles. The van der Waals surface area contributed by atoms with Crippen molar-refractivity contribution in [2.45, 2.75) is 26.2 Å². The summed E-state index contributed by atoms with van der Waals surface area (Å²) in [7, 11) is 0. The topological polar surface area (TPSA) is 19.9 Å². The normalized spacial score (nSPS) is 7.75. The average Bonchev–Trinajstić information content (AvgIpc) is 1.81. The Morgan fingerprint density at radius 3 is 2.38 bits per heavy atom. The molecule has 1 radical (unpaired) electrons. The van der Waals surface area contributed by atoms with E-state index in [9.17, 15) is 5.11 Å². The van der Waals surface area contributed by atoms with Crippen molar-refractivity contribution < 1.29 is 5.11 Å². The lowest BCUT2D eigenvalue weighted by Crippen LogP contribution is -1.72. The lowest BCUT2D eigenvalue weighted by molar-refractivity contribution is 0.201. The molecule has 0 aromatic heterocycles. The third-order valence-corrected chi connectivity index (χ3v) is 0.727. The predicted octanol–water partition coefficient (Wildman–Crippen LogP) is 1.61. The van der Waals surface area contributed by atoms with Gasteiger partial charge in [-0.05, 0) is 6.42 Å². The molecule has 0 aromatic rings. The first-order chi connectivity index (χ1) is 3.91. The molecule has 0 aliphatic carbocycles. The summed E-state index contributed by atoms with van der Waals surface area (Å²) in [6.45, 7) is 2.02. The molecule has 8 heavy (non-hydrogen) atoms. The Kier molecular flexibility index (Phi) is 6.13. The Bertz CT molecular complexity index is 76.3. The molecule has 0 atom stereocenters. The first-order valence-corrected chi connectivity index (χ1v) is 2.95. The summed E-state index contributed by atoms with van der Waals surface area (Å²) in [6, 6.07) is 0. The van der Waals surface area contributed by atoms with Crippen molar-refractivity contribution in [1.82, 2.24) is 0 Å². The Balaban J connectivity index is 2.95. The van der Waals surface area contributed by atoms with Crippen molar-refractivity contribution >= 4 is 0 Å². The van der Waals surface area contributed by atoms with Gasteiger partial charge in [0.15, 0.2) is 0 Å². The molecule has 0 N–H and O–H groups in total. The Hall–Kier alpha value is -0.480. The quantitative estimate of drug-likeness (QED) is 0.482. The molecule has 0 saturated heterocycles. The zero-order valence-electron chi connectivity index (χ0n) is 5.24. The van der Waals surface area contributed by atoms with E-state index in [1.807, 2.05) is 0 Å². The molecule has 1 nitrogen and oxygen atoms in total. The van der Waals surface area contributed by atoms with Crippen molar-refractivity contribution in [2.75, 3.05) is 6.61 Å². The molecule has 1 heteroatoms. The third kappa shape index (κ3) is 5.52. The first kappa shape index (κ1) is 7.52. The molecule has 0 heterocycles. The van der Waals surface area contributed by atoms with Gasteiger partial charge in [-0.1, -0.05) is 6.92 Å². The predicted molar refractivity (Wildman–Crippen MR) is 32.9 cm³/mol. The number of rotatable bonds is 2. The van der Waals surface area contributed by atoms with Gasteiger partial charge in [0.05, 0.1) is 6.61 Å². The number of hydrogen-bond donors (Lipinski definition) is 0. The SMILES string of the molecule is CCCC#CCC[O]. The average molecular weight is 111 g/mol. The molecule has 0 amide bonds. The molecule has 0 rings (SSSR count). The summed E-state index contributed by atoms with van der Waals surface area (Å²) in [5.74, 6) is 5.66. The second kappa shape index (κ2) is 6.52. The van der Waals surface area contributed by atoms with Crippen molar-refractivity contribution in [3.63, 3.8) is 0 Å². The molecule has 45 valence electrons. The fourth-order valence-corrected chi connectivity index (χ4v) is 0.353. The van der Waals surface area contributed by atoms with Gasteiger partial charge in [0.2, 0.25) is 0 Å². The monoisotopic (exact) mass is 111 g/mol. The van der Waals surface area contributed by atoms with Gasteiger partial charge in [-0.3, -0.25) is 0 Å². The van der Waals surface area contributed by atoms with Gasteiger partial charge < -0.3 is 0 Å². The highest BCUT2D eigenvalue weighted by Crippen LogP contribution is 1.81. The van der Waals surface area contributed by atoms with Crippen LogP contribution in [0, 0.1) is 11.8 Å². The van der Waals surface area contributed by atoms with E-state index in [1.54, 1.807) is 0 Å². The molecule has 0 bridgehead atoms. The van der Waals surface area contributed by atoms with E-state index in [1.165, 1.54) is 0 Å². The smallest absolute Gasteiger partial charge is 0.0931 e. The van der Waals surface area contributed by atoms with Crippen LogP contribution in [0.2, 0.25) is 0 Å². The molecule has 0 fully saturated rings. The molecule has 0 spiro atoms. The maximum atomic E-state index is 9.79. The maximum Gasteiger partial charge on any atom is 0.0931 e. The molecular formula is C7H11O. The summed E-state index contributed by atoms with van der Waals surface area (Å²) in [5.41, 5.74) is 0. The minimum Gasteiger partial charge on any atom is -0.236 e. The van der Waals surface area contributed by atoms with Gasteiger partial charge in [0.1, 0.15) is 0 Å². The highest BCUT2D eigenvalue weighted by Gasteiger charge is 1.71. The van der Waals surface area contributed by atoms with Gasteiger partial charge in [0, 0.05) is 12.8 Å². The Morgan fingerprint density at radius 1 is 1.25 bits per heavy atom. The van der Waals surface area contributed by atoms with E-state index in [-0.39, 0.29) is 6.61 Å². The van der Waals surface area contributed by atoms with E-state index >= 15 is 0 Å². The fraction of sp³-hybridized carbons (Fsp3) is 0.714. The van der Waals surface area contributed by atoms with Crippen molar-refractivity contribution in [3.05, 3.63) is 0 Å². The largest absolute Gasteiger partial charge is 0.236 e. The van der Waals surface area contributed by atoms with Gasteiger partial charge in [-0.2, -0.15) is 0 Å². The molecular weight excluding hydrogens is 100 g/mol. The second-order valence-electron chi connectivity index (χ2n) is 1.56. The van der Waals surface area contributed by atoms with Crippen molar-refractivity contribution in [3.8, 4) is 11.8 Å². The van der Waals surface area contributed by atoms with Crippen molar-refractivity contribution in [2.24, 2.45) is 0 Å².